The van der Waals surface area contributed by atoms with E-state index in [0.717, 1.165) is 70.2 Å². The lowest BCUT2D eigenvalue weighted by atomic mass is 9.50. The zero-order chi connectivity index (χ0) is 73.7. The lowest BCUT2D eigenvalue weighted by molar-refractivity contribution is -0.279. The molecule has 518 valence electrons. The molecule has 102 heavy (non-hydrogen) atoms. The molecule has 0 amide bonds. The van der Waals surface area contributed by atoms with Crippen LogP contribution in [0, 0.1) is 31.8 Å². The monoisotopic (exact) mass is 1490 g/mol. The Balaban J connectivity index is 1.37. The summed E-state index contributed by atoms with van der Waals surface area (Å²) in [5.41, 5.74) is 1.54. The van der Waals surface area contributed by atoms with E-state index < -0.39 is 94.2 Å². The Kier molecular flexibility index (Phi) is 18.3. The van der Waals surface area contributed by atoms with Crippen LogP contribution >= 0.6 is 22.7 Å². The van der Waals surface area contributed by atoms with Gasteiger partial charge in [0.05, 0.1) is 37.2 Å². The van der Waals surface area contributed by atoms with Crippen molar-refractivity contribution in [2.24, 2.45) is 0 Å². The lowest BCUT2D eigenvalue weighted by Crippen LogP contribution is -2.60. The number of thiazole rings is 2. The van der Waals surface area contributed by atoms with Crippen molar-refractivity contribution in [2.45, 2.75) is 58.7 Å². The van der Waals surface area contributed by atoms with E-state index in [-0.39, 0.29) is 65.3 Å². The number of nitrogens with zero attached hydrogens (tertiary/aromatic N) is 6. The fourth-order valence-corrected chi connectivity index (χ4v) is 16.5. The zero-order valence-corrected chi connectivity index (χ0v) is 56.2. The van der Waals surface area contributed by atoms with Crippen molar-refractivity contribution in [1.29, 1.82) is 5.26 Å². The molecule has 0 atom stereocenters. The van der Waals surface area contributed by atoms with Crippen molar-refractivity contribution in [3.05, 3.63) is 255 Å². The van der Waals surface area contributed by atoms with Crippen LogP contribution in [-0.2, 0) is 36.5 Å². The molecular formula is C69H44B2F12N6O8S5. The molecule has 0 radical (unpaired) electrons. The quantitative estimate of drug-likeness (QED) is 0.0318. The van der Waals surface area contributed by atoms with Crippen LogP contribution in [0.3, 0.4) is 0 Å². The molecule has 4 heterocycles. The van der Waals surface area contributed by atoms with Gasteiger partial charge >= 0.3 is 67.5 Å². The molecule has 0 saturated carbocycles. The van der Waals surface area contributed by atoms with Gasteiger partial charge in [-0.15, -0.1) is 22.7 Å². The average molecular weight is 1500 g/mol. The molecule has 14 nitrogen and oxygen atoms in total. The van der Waals surface area contributed by atoms with E-state index in [4.69, 9.17) is 19.1 Å². The molecule has 0 bridgehead atoms. The summed E-state index contributed by atoms with van der Waals surface area (Å²) in [4.78, 5) is 12.4. The van der Waals surface area contributed by atoms with Crippen molar-refractivity contribution >= 4 is 131 Å². The molecule has 0 aliphatic rings. The smallest absolute Gasteiger partial charge is 0.384 e. The highest BCUT2D eigenvalue weighted by Gasteiger charge is 2.82. The summed E-state index contributed by atoms with van der Waals surface area (Å²) < 4.78 is 282. The number of halogens is 12. The first-order chi connectivity index (χ1) is 47.9. The molecule has 0 saturated heterocycles. The van der Waals surface area contributed by atoms with E-state index in [0.29, 0.717) is 54.4 Å². The lowest BCUT2D eigenvalue weighted by Gasteiger charge is -2.30. The third-order valence-corrected chi connectivity index (χ3v) is 22.7. The van der Waals surface area contributed by atoms with E-state index in [1.165, 1.54) is 0 Å². The number of aryl methyl sites for hydroxylation is 2. The maximum atomic E-state index is 16.1. The van der Waals surface area contributed by atoms with E-state index in [1.54, 1.807) is 181 Å². The fraction of sp³-hybridized carbons (Fsp3) is 0.130. The third-order valence-electron chi connectivity index (χ3n) is 17.0. The molecule has 0 fully saturated rings. The van der Waals surface area contributed by atoms with Gasteiger partial charge in [-0.05, 0) is 78.1 Å². The van der Waals surface area contributed by atoms with Crippen LogP contribution in [0.15, 0.2) is 211 Å². The summed E-state index contributed by atoms with van der Waals surface area (Å²) >= 11 is 2.04. The number of sulfone groups is 1. The van der Waals surface area contributed by atoms with Gasteiger partial charge in [0.15, 0.2) is 0 Å². The van der Waals surface area contributed by atoms with Gasteiger partial charge in [-0.1, -0.05) is 192 Å². The first kappa shape index (κ1) is 71.9. The Bertz CT molecular complexity index is 5730. The van der Waals surface area contributed by atoms with Gasteiger partial charge in [0.2, 0.25) is 15.5 Å². The van der Waals surface area contributed by atoms with Crippen LogP contribution in [0.4, 0.5) is 52.7 Å². The number of hydrogen-bond donors (Lipinski definition) is 2. The molecule has 12 aromatic rings. The molecule has 2 N–H and O–H groups in total. The number of aromatic nitrogens is 4. The minimum Gasteiger partial charge on any atom is -0.384 e. The van der Waals surface area contributed by atoms with Gasteiger partial charge in [0, 0.05) is 33.9 Å². The van der Waals surface area contributed by atoms with Gasteiger partial charge < -0.3 is 8.96 Å². The number of benzene rings is 8. The fourth-order valence-electron chi connectivity index (χ4n) is 12.1. The normalized spacial score (nSPS) is 13.7. The molecule has 8 aromatic carbocycles. The standard InChI is InChI=1S/C69H44B2F12N6O8S5/c1-40-24-34-51-53(36-40)98-62(86-51)50(39-84)60-55-56(59(88(60)70(45-16-8-4-9-17-45)46-18-10-5-11-19-46)44-30-32-49(33-31-44)100(90,91)67(78,79)66(76,77)69(82,83)102(95,96)97)61(57(85-3)63-87-52-35-25-41(2)37-54(52)99-63)89(71(47-20-12-6-13-21-47)48-22-14-7-15-23-48)58(55)43-28-26-42(27-29-43)38-64(72,73)65(74,75)68(80,81)101(92,93)94/h4-37H,38H2,1-2H3,(H,92,93,94)(H,95,96,97)/b60-50-,61-57+. The summed E-state index contributed by atoms with van der Waals surface area (Å²) in [6, 6.07) is 51.9. The third kappa shape index (κ3) is 11.8. The van der Waals surface area contributed by atoms with Crippen LogP contribution in [0.5, 0.6) is 0 Å². The van der Waals surface area contributed by atoms with Crippen molar-refractivity contribution in [3.8, 4) is 28.6 Å². The highest BCUT2D eigenvalue weighted by atomic mass is 32.2. The van der Waals surface area contributed by atoms with Gasteiger partial charge in [-0.25, -0.2) is 23.2 Å². The van der Waals surface area contributed by atoms with Gasteiger partial charge in [-0.3, -0.25) is 9.11 Å². The Morgan fingerprint density at radius 2 is 0.882 bits per heavy atom. The Morgan fingerprint density at radius 1 is 0.510 bits per heavy atom. The molecule has 0 spiro atoms. The van der Waals surface area contributed by atoms with Crippen molar-refractivity contribution in [2.75, 3.05) is 0 Å². The highest BCUT2D eigenvalue weighted by Crippen LogP contribution is 2.53. The van der Waals surface area contributed by atoms with Crippen LogP contribution in [0.25, 0.3) is 69.8 Å². The molecule has 0 aliphatic heterocycles. The van der Waals surface area contributed by atoms with Gasteiger partial charge in [-0.2, -0.15) is 74.8 Å². The summed E-state index contributed by atoms with van der Waals surface area (Å²) in [6.45, 7) is 10.5. The summed E-state index contributed by atoms with van der Waals surface area (Å²) in [6.07, 6.45) is -2.31. The largest absolute Gasteiger partial charge is 0.439 e. The maximum absolute atomic E-state index is 16.1. The molecule has 12 rings (SSSR count). The van der Waals surface area contributed by atoms with E-state index in [1.807, 2.05) is 0 Å². The number of hydrogen-bond acceptors (Lipinski definition) is 11. The van der Waals surface area contributed by atoms with Crippen LogP contribution in [0.1, 0.15) is 26.7 Å². The Labute approximate surface area is 580 Å². The number of nitriles is 1. The average Bonchev–Trinajstić information content (AvgIpc) is 1.49. The van der Waals surface area contributed by atoms with Crippen LogP contribution in [-0.4, -0.2) is 101 Å². The molecule has 0 aliphatic carbocycles. The molecule has 4 aromatic heterocycles. The first-order valence-electron chi connectivity index (χ1n) is 29.9. The van der Waals surface area contributed by atoms with Crippen molar-refractivity contribution in [3.63, 3.8) is 0 Å². The number of alkyl halides is 12. The van der Waals surface area contributed by atoms with Gasteiger partial charge in [0.25, 0.3) is 0 Å². The first-order valence-corrected chi connectivity index (χ1v) is 35.9. The predicted octanol–water partition coefficient (Wildman–Crippen LogP) is 12.5. The summed E-state index contributed by atoms with van der Waals surface area (Å²) in [5, 5.41) is -9.25. The highest BCUT2D eigenvalue weighted by molar-refractivity contribution is 7.92. The second kappa shape index (κ2) is 25.9. The minimum absolute atomic E-state index is 0.0156. The van der Waals surface area contributed by atoms with Crippen LogP contribution < -0.4 is 32.5 Å². The maximum Gasteiger partial charge on any atom is 0.439 e. The summed E-state index contributed by atoms with van der Waals surface area (Å²) in [7, 11) is -21.9. The van der Waals surface area contributed by atoms with Gasteiger partial charge in [0.1, 0.15) is 21.7 Å². The van der Waals surface area contributed by atoms with E-state index >= 15 is 35.1 Å². The Hall–Kier alpha value is -9.86. The topological polar surface area (TPSA) is 207 Å². The Morgan fingerprint density at radius 3 is 1.28 bits per heavy atom. The number of fused-ring (bicyclic) bond motifs is 3. The predicted molar refractivity (Wildman–Crippen MR) is 366 cm³/mol. The second-order valence-corrected chi connectivity index (χ2v) is 30.5. The van der Waals surface area contributed by atoms with Crippen molar-refractivity contribution in [1.82, 2.24) is 18.9 Å². The second-order valence-electron chi connectivity index (χ2n) is 23.5. The van der Waals surface area contributed by atoms with Crippen molar-refractivity contribution < 1.29 is 87.0 Å². The molecular weight excluding hydrogens is 1450 g/mol. The zero-order valence-electron chi connectivity index (χ0n) is 52.1. The minimum atomic E-state index is -7.47. The summed E-state index contributed by atoms with van der Waals surface area (Å²) in [5.74, 6) is -20.1. The number of rotatable bonds is 20. The molecule has 33 heteroatoms. The van der Waals surface area contributed by atoms with E-state index in [2.05, 4.69) is 10.9 Å². The van der Waals surface area contributed by atoms with E-state index in [9.17, 15) is 54.6 Å². The SMILES string of the molecule is [C-]#[N+]/C(c1nc2ccc(C)cc2s1)=c1\c2c(-c3ccc(S(=O)(=O)C(F)(F)C(F)(F)C(F)(F)S(=O)(=O)O)cc3)n(B(c3ccccc3)c3ccccc3)/c(=C(/C#N)c3nc4ccc(C)cc4s3)c2c(-c2ccc(CC(F)(F)C(F)(F)C(F)(F)S(=O)(=O)O)cc2)n1B(c1ccccc1)c1ccccc1. The molecule has 0 unspecified atom stereocenters. The van der Waals surface area contributed by atoms with Crippen LogP contribution in [0.2, 0.25) is 0 Å².